The van der Waals surface area contributed by atoms with Crippen LogP contribution >= 0.6 is 15.6 Å². The molecule has 3 N–H and O–H groups in total. The second-order valence-corrected chi connectivity index (χ2v) is 27.9. The van der Waals surface area contributed by atoms with E-state index < -0.39 is 97.5 Å². The molecule has 0 radical (unpaired) electrons. The Morgan fingerprint density at radius 2 is 0.522 bits per heavy atom. The Bertz CT molecular complexity index is 1940. The Labute approximate surface area is 559 Å². The zero-order valence-corrected chi connectivity index (χ0v) is 60.3. The number of hydrogen-bond donors (Lipinski definition) is 3. The summed E-state index contributed by atoms with van der Waals surface area (Å²) in [6.07, 6.45) is 61.2. The first-order chi connectivity index (χ1) is 44.7. The molecule has 0 fully saturated rings. The molecule has 17 nitrogen and oxygen atoms in total. The molecule has 0 aliphatic heterocycles. The summed E-state index contributed by atoms with van der Waals surface area (Å²) in [4.78, 5) is 72.5. The third kappa shape index (κ3) is 65.7. The number of phosphoric acid groups is 2. The number of rotatable bonds is 70. The standard InChI is InChI=1S/C73H134O17P2/c1-5-9-13-17-21-25-28-31-34-37-39-42-46-50-54-58-71(76)84-64-69(90-73(78)60-56-52-48-44-41-38-35-32-29-26-22-18-14-10-6-2)66-88-92(81,82)86-62-67(74)61-85-91(79,80)87-65-68(63-83-70(75)57-53-49-45-24-20-16-12-8-4)89-72(77)59-55-51-47-43-40-36-33-30-27-23-19-15-11-7-3/h25-26,28-29,31-32,34-35,67-69,74H,5-24,27,30,33,36-66H2,1-4H3,(H,79,80)(H,81,82)/b28-25-,29-26-,34-31-,35-32-/t67-,68+,69+/m0/s1. The average molecular weight is 1350 g/mol. The van der Waals surface area contributed by atoms with Gasteiger partial charge in [0.25, 0.3) is 0 Å². The molecule has 0 saturated carbocycles. The highest BCUT2D eigenvalue weighted by Crippen LogP contribution is 2.45. The highest BCUT2D eigenvalue weighted by Gasteiger charge is 2.30. The van der Waals surface area contributed by atoms with Gasteiger partial charge in [-0.25, -0.2) is 9.13 Å². The fourth-order valence-corrected chi connectivity index (χ4v) is 11.7. The third-order valence-corrected chi connectivity index (χ3v) is 17.8. The van der Waals surface area contributed by atoms with E-state index in [4.69, 9.17) is 37.0 Å². The maximum absolute atomic E-state index is 13.0. The molecule has 0 rings (SSSR count). The van der Waals surface area contributed by atoms with Crippen LogP contribution in [0.25, 0.3) is 0 Å². The van der Waals surface area contributed by atoms with Crippen LogP contribution in [-0.2, 0) is 65.4 Å². The van der Waals surface area contributed by atoms with Crippen molar-refractivity contribution in [1.82, 2.24) is 0 Å². The lowest BCUT2D eigenvalue weighted by Crippen LogP contribution is -2.30. The molecule has 538 valence electrons. The van der Waals surface area contributed by atoms with E-state index in [1.165, 1.54) is 128 Å². The monoisotopic (exact) mass is 1340 g/mol. The van der Waals surface area contributed by atoms with Crippen LogP contribution < -0.4 is 0 Å². The topological polar surface area (TPSA) is 237 Å². The van der Waals surface area contributed by atoms with Crippen LogP contribution in [0.5, 0.6) is 0 Å². The Balaban J connectivity index is 5.29. The summed E-state index contributed by atoms with van der Waals surface area (Å²) in [7, 11) is -9.92. The Morgan fingerprint density at radius 1 is 0.304 bits per heavy atom. The van der Waals surface area contributed by atoms with E-state index in [0.717, 1.165) is 128 Å². The molecule has 0 aliphatic rings. The normalized spacial score (nSPS) is 14.3. The van der Waals surface area contributed by atoms with Crippen molar-refractivity contribution < 1.29 is 80.2 Å². The summed E-state index contributed by atoms with van der Waals surface area (Å²) in [5, 5.41) is 10.6. The van der Waals surface area contributed by atoms with E-state index in [1.54, 1.807) is 0 Å². The molecule has 0 saturated heterocycles. The highest BCUT2D eigenvalue weighted by molar-refractivity contribution is 7.47. The van der Waals surface area contributed by atoms with Gasteiger partial charge in [0.05, 0.1) is 26.4 Å². The minimum atomic E-state index is -4.97. The number of hydrogen-bond acceptors (Lipinski definition) is 15. The van der Waals surface area contributed by atoms with Crippen molar-refractivity contribution in [2.45, 2.75) is 354 Å². The number of unbranched alkanes of at least 4 members (excludes halogenated alkanes) is 38. The molecule has 0 aromatic carbocycles. The van der Waals surface area contributed by atoms with Gasteiger partial charge < -0.3 is 33.8 Å². The molecule has 0 aromatic rings. The van der Waals surface area contributed by atoms with Crippen molar-refractivity contribution in [3.05, 3.63) is 48.6 Å². The fourth-order valence-electron chi connectivity index (χ4n) is 10.1. The van der Waals surface area contributed by atoms with Crippen molar-refractivity contribution in [2.75, 3.05) is 39.6 Å². The second-order valence-electron chi connectivity index (χ2n) is 25.0. The van der Waals surface area contributed by atoms with Crippen molar-refractivity contribution in [1.29, 1.82) is 0 Å². The van der Waals surface area contributed by atoms with Crippen LogP contribution in [-0.4, -0.2) is 96.7 Å². The molecule has 0 spiro atoms. The molecule has 0 bridgehead atoms. The summed E-state index contributed by atoms with van der Waals surface area (Å²) >= 11 is 0. The van der Waals surface area contributed by atoms with Gasteiger partial charge in [-0.2, -0.15) is 0 Å². The first-order valence-electron chi connectivity index (χ1n) is 36.9. The van der Waals surface area contributed by atoms with Gasteiger partial charge in [0.1, 0.15) is 19.3 Å². The van der Waals surface area contributed by atoms with Gasteiger partial charge in [0.2, 0.25) is 0 Å². The molecule has 5 atom stereocenters. The summed E-state index contributed by atoms with van der Waals surface area (Å²) in [6.45, 7) is 4.81. The van der Waals surface area contributed by atoms with Crippen LogP contribution in [0.4, 0.5) is 0 Å². The van der Waals surface area contributed by atoms with Gasteiger partial charge >= 0.3 is 39.5 Å². The van der Waals surface area contributed by atoms with Gasteiger partial charge in [-0.05, 0) is 77.0 Å². The minimum absolute atomic E-state index is 0.0785. The largest absolute Gasteiger partial charge is 0.472 e. The van der Waals surface area contributed by atoms with Gasteiger partial charge in [-0.3, -0.25) is 37.3 Å². The quantitative estimate of drug-likeness (QED) is 0.0169. The third-order valence-electron chi connectivity index (χ3n) is 15.9. The molecular weight excluding hydrogens is 1210 g/mol. The number of ether oxygens (including phenoxy) is 4. The first kappa shape index (κ1) is 89.0. The van der Waals surface area contributed by atoms with Gasteiger partial charge in [-0.15, -0.1) is 0 Å². The van der Waals surface area contributed by atoms with Crippen LogP contribution in [0.3, 0.4) is 0 Å². The molecule has 92 heavy (non-hydrogen) atoms. The molecule has 19 heteroatoms. The van der Waals surface area contributed by atoms with E-state index in [2.05, 4.69) is 76.3 Å². The number of allylic oxidation sites excluding steroid dienone is 8. The minimum Gasteiger partial charge on any atom is -0.462 e. The maximum Gasteiger partial charge on any atom is 0.472 e. The summed E-state index contributed by atoms with van der Waals surface area (Å²) in [5.74, 6) is -2.18. The predicted octanol–water partition coefficient (Wildman–Crippen LogP) is 20.6. The predicted molar refractivity (Wildman–Crippen MR) is 372 cm³/mol. The summed E-state index contributed by atoms with van der Waals surface area (Å²) in [6, 6.07) is 0. The van der Waals surface area contributed by atoms with E-state index in [0.29, 0.717) is 25.7 Å². The summed E-state index contributed by atoms with van der Waals surface area (Å²) < 4.78 is 68.2. The number of esters is 4. The molecule has 0 amide bonds. The molecule has 0 heterocycles. The lowest BCUT2D eigenvalue weighted by Gasteiger charge is -2.21. The number of carbonyl (C=O) groups is 4. The number of aliphatic hydroxyl groups excluding tert-OH is 1. The number of aliphatic hydroxyl groups is 1. The van der Waals surface area contributed by atoms with Gasteiger partial charge in [-0.1, -0.05) is 282 Å². The smallest absolute Gasteiger partial charge is 0.462 e. The van der Waals surface area contributed by atoms with Crippen molar-refractivity contribution >= 4 is 39.5 Å². The molecule has 0 aromatic heterocycles. The number of carbonyl (C=O) groups excluding carboxylic acids is 4. The van der Waals surface area contributed by atoms with Crippen LogP contribution in [0.1, 0.15) is 336 Å². The molecular formula is C73H134O17P2. The average Bonchev–Trinajstić information content (AvgIpc) is 2.04. The summed E-state index contributed by atoms with van der Waals surface area (Å²) in [5.41, 5.74) is 0. The lowest BCUT2D eigenvalue weighted by atomic mass is 10.0. The maximum atomic E-state index is 13.0. The van der Waals surface area contributed by atoms with Crippen molar-refractivity contribution in [3.8, 4) is 0 Å². The zero-order valence-electron chi connectivity index (χ0n) is 58.5. The first-order valence-corrected chi connectivity index (χ1v) is 39.9. The van der Waals surface area contributed by atoms with E-state index in [1.807, 2.05) is 0 Å². The Kier molecular flexibility index (Phi) is 64.5. The van der Waals surface area contributed by atoms with Crippen molar-refractivity contribution in [2.24, 2.45) is 0 Å². The van der Waals surface area contributed by atoms with Crippen LogP contribution in [0.2, 0.25) is 0 Å². The fraction of sp³-hybridized carbons (Fsp3) is 0.836. The van der Waals surface area contributed by atoms with Crippen LogP contribution in [0.15, 0.2) is 48.6 Å². The Morgan fingerprint density at radius 3 is 0.793 bits per heavy atom. The SMILES string of the molecule is CCCCCC/C=C\C=C/CCCCCCCC(=O)OC[C@H](COP(=O)(O)OC[C@@H](O)COP(=O)(O)OC[C@@H](COC(=O)CCCCCCCCCC)OC(=O)CCCCCCCCCCCCCCCC)OC(=O)CCCCCCC/C=C\C=C/CCCCCC. The van der Waals surface area contributed by atoms with Gasteiger partial charge in [0.15, 0.2) is 12.2 Å². The van der Waals surface area contributed by atoms with E-state index in [9.17, 15) is 43.2 Å². The number of phosphoric ester groups is 2. The van der Waals surface area contributed by atoms with Gasteiger partial charge in [0, 0.05) is 25.7 Å². The van der Waals surface area contributed by atoms with E-state index >= 15 is 0 Å². The highest BCUT2D eigenvalue weighted by atomic mass is 31.2. The molecule has 0 aliphatic carbocycles. The zero-order chi connectivity index (χ0) is 67.5. The lowest BCUT2D eigenvalue weighted by molar-refractivity contribution is -0.161. The van der Waals surface area contributed by atoms with Crippen LogP contribution in [0, 0.1) is 0 Å². The molecule has 2 unspecified atom stereocenters. The van der Waals surface area contributed by atoms with Crippen molar-refractivity contribution in [3.63, 3.8) is 0 Å². The second kappa shape index (κ2) is 66.6. The Hall–Kier alpha value is -2.98. The van der Waals surface area contributed by atoms with E-state index in [-0.39, 0.29) is 25.7 Å².